The summed E-state index contributed by atoms with van der Waals surface area (Å²) in [5.41, 5.74) is 12.6. The van der Waals surface area contributed by atoms with Crippen LogP contribution in [0.5, 0.6) is 5.75 Å². The number of para-hydroxylation sites is 1. The van der Waals surface area contributed by atoms with Gasteiger partial charge in [-0.3, -0.25) is 25.2 Å². The molecular formula is C20H21N7O3. The summed E-state index contributed by atoms with van der Waals surface area (Å²) in [4.78, 5) is 27.6. The second-order valence-electron chi connectivity index (χ2n) is 5.64. The van der Waals surface area contributed by atoms with Crippen molar-refractivity contribution in [3.05, 3.63) is 72.1 Å². The molecule has 2 rings (SSSR count). The second-order valence-corrected chi connectivity index (χ2v) is 5.64. The Kier molecular flexibility index (Phi) is 8.29. The molecule has 2 aromatic rings. The van der Waals surface area contributed by atoms with Gasteiger partial charge in [-0.2, -0.15) is 0 Å². The highest BCUT2D eigenvalue weighted by atomic mass is 16.5. The highest BCUT2D eigenvalue weighted by molar-refractivity contribution is 6.05. The van der Waals surface area contributed by atoms with Gasteiger partial charge >= 0.3 is 0 Å². The molecule has 1 heterocycles. The van der Waals surface area contributed by atoms with E-state index in [2.05, 4.69) is 25.8 Å². The van der Waals surface area contributed by atoms with Crippen LogP contribution in [0.3, 0.4) is 0 Å². The predicted molar refractivity (Wildman–Crippen MR) is 115 cm³/mol. The van der Waals surface area contributed by atoms with Gasteiger partial charge in [0.25, 0.3) is 11.8 Å². The number of guanidine groups is 2. The highest BCUT2D eigenvalue weighted by Crippen LogP contribution is 2.18. The molecule has 6 N–H and O–H groups in total. The third kappa shape index (κ3) is 7.64. The number of carbonyl (C=O) groups is 2. The lowest BCUT2D eigenvalue weighted by Gasteiger charge is -2.03. The molecule has 10 nitrogen and oxygen atoms in total. The van der Waals surface area contributed by atoms with Crippen LogP contribution in [0.15, 0.2) is 71.1 Å². The van der Waals surface area contributed by atoms with Crippen molar-refractivity contribution in [3.63, 3.8) is 0 Å². The van der Waals surface area contributed by atoms with E-state index in [4.69, 9.17) is 16.2 Å². The van der Waals surface area contributed by atoms with Crippen LogP contribution in [0, 0.1) is 0 Å². The Morgan fingerprint density at radius 3 is 2.20 bits per heavy atom. The number of aromatic nitrogens is 1. The molecule has 0 unspecified atom stereocenters. The smallest absolute Gasteiger partial charge is 0.250 e. The summed E-state index contributed by atoms with van der Waals surface area (Å²) < 4.78 is 5.19. The fraction of sp³-hybridized carbons (Fsp3) is 0.0500. The average molecular weight is 407 g/mol. The molecule has 0 fully saturated rings. The van der Waals surface area contributed by atoms with E-state index >= 15 is 0 Å². The van der Waals surface area contributed by atoms with Crippen LogP contribution >= 0.6 is 0 Å². The van der Waals surface area contributed by atoms with Gasteiger partial charge in [0.05, 0.1) is 7.11 Å². The van der Waals surface area contributed by atoms with Crippen molar-refractivity contribution < 1.29 is 14.3 Å². The third-order valence-corrected chi connectivity index (χ3v) is 3.43. The Balaban J connectivity index is 1.87. The first-order valence-electron chi connectivity index (χ1n) is 8.65. The SMILES string of the molecule is COc1ccccc1C=CC(=O)NC(N)=NN=C(N)NC(=O)C=Cc1cccnc1. The number of pyridine rings is 1. The van der Waals surface area contributed by atoms with E-state index in [9.17, 15) is 9.59 Å². The van der Waals surface area contributed by atoms with E-state index < -0.39 is 11.8 Å². The lowest BCUT2D eigenvalue weighted by molar-refractivity contribution is -0.116. The summed E-state index contributed by atoms with van der Waals surface area (Å²) in [5.74, 6) is -1.02. The fourth-order valence-electron chi connectivity index (χ4n) is 2.11. The van der Waals surface area contributed by atoms with E-state index in [-0.39, 0.29) is 11.9 Å². The maximum atomic E-state index is 11.9. The summed E-state index contributed by atoms with van der Waals surface area (Å²) in [6.45, 7) is 0. The summed E-state index contributed by atoms with van der Waals surface area (Å²) >= 11 is 0. The molecule has 1 aromatic heterocycles. The van der Waals surface area contributed by atoms with Gasteiger partial charge in [-0.1, -0.05) is 24.3 Å². The van der Waals surface area contributed by atoms with Gasteiger partial charge in [-0.25, -0.2) is 0 Å². The number of nitrogens with two attached hydrogens (primary N) is 2. The quantitative estimate of drug-likeness (QED) is 0.238. The summed E-state index contributed by atoms with van der Waals surface area (Å²) in [7, 11) is 1.53. The maximum Gasteiger partial charge on any atom is 0.250 e. The Morgan fingerprint density at radius 1 is 0.967 bits per heavy atom. The molecule has 0 aliphatic rings. The largest absolute Gasteiger partial charge is 0.496 e. The minimum atomic E-state index is -0.528. The summed E-state index contributed by atoms with van der Waals surface area (Å²) in [5, 5.41) is 11.7. The molecule has 2 amide bonds. The van der Waals surface area contributed by atoms with Crippen LogP contribution in [-0.2, 0) is 9.59 Å². The minimum Gasteiger partial charge on any atom is -0.496 e. The summed E-state index contributed by atoms with van der Waals surface area (Å²) in [6, 6.07) is 10.7. The second kappa shape index (κ2) is 11.4. The van der Waals surface area contributed by atoms with Crippen LogP contribution in [0.25, 0.3) is 12.2 Å². The van der Waals surface area contributed by atoms with Gasteiger partial charge in [0.15, 0.2) is 0 Å². The lowest BCUT2D eigenvalue weighted by Crippen LogP contribution is -2.37. The molecule has 0 saturated heterocycles. The van der Waals surface area contributed by atoms with Crippen LogP contribution in [0.1, 0.15) is 11.1 Å². The Hall–Kier alpha value is -4.47. The number of hydrogen-bond donors (Lipinski definition) is 4. The highest BCUT2D eigenvalue weighted by Gasteiger charge is 2.02. The number of methoxy groups -OCH3 is 1. The molecule has 10 heteroatoms. The standard InChI is InChI=1S/C20H21N7O3/c1-30-16-7-3-2-6-15(16)9-11-18(29)25-20(22)27-26-19(21)24-17(28)10-8-14-5-4-12-23-13-14/h2-13H,1H3,(H3,21,24,26,28)(H3,22,25,27,29). The molecular weight excluding hydrogens is 386 g/mol. The van der Waals surface area contributed by atoms with Crippen LogP contribution in [0.4, 0.5) is 0 Å². The fourth-order valence-corrected chi connectivity index (χ4v) is 2.11. The van der Waals surface area contributed by atoms with Crippen molar-refractivity contribution in [2.24, 2.45) is 21.7 Å². The van der Waals surface area contributed by atoms with E-state index in [1.165, 1.54) is 19.3 Å². The number of amides is 2. The van der Waals surface area contributed by atoms with Crippen molar-refractivity contribution in [1.82, 2.24) is 15.6 Å². The monoisotopic (exact) mass is 407 g/mol. The number of rotatable bonds is 6. The summed E-state index contributed by atoms with van der Waals surface area (Å²) in [6.07, 6.45) is 8.86. The average Bonchev–Trinajstić information content (AvgIpc) is 2.75. The zero-order valence-corrected chi connectivity index (χ0v) is 16.1. The van der Waals surface area contributed by atoms with E-state index in [0.717, 1.165) is 11.1 Å². The van der Waals surface area contributed by atoms with Crippen LogP contribution in [-0.4, -0.2) is 35.8 Å². The van der Waals surface area contributed by atoms with Crippen molar-refractivity contribution in [3.8, 4) is 5.75 Å². The van der Waals surface area contributed by atoms with E-state index in [1.807, 2.05) is 12.1 Å². The molecule has 0 bridgehead atoms. The van der Waals surface area contributed by atoms with E-state index in [1.54, 1.807) is 48.8 Å². The lowest BCUT2D eigenvalue weighted by atomic mass is 10.2. The normalized spacial score (nSPS) is 12.2. The zero-order chi connectivity index (χ0) is 21.8. The van der Waals surface area contributed by atoms with Gasteiger partial charge in [0.1, 0.15) is 5.75 Å². The first-order valence-corrected chi connectivity index (χ1v) is 8.65. The minimum absolute atomic E-state index is 0.294. The number of ether oxygens (including phenoxy) is 1. The first kappa shape index (κ1) is 21.8. The molecule has 0 saturated carbocycles. The number of nitrogens with one attached hydrogen (secondary N) is 2. The molecule has 30 heavy (non-hydrogen) atoms. The topological polar surface area (TPSA) is 157 Å². The Bertz CT molecular complexity index is 998. The molecule has 0 atom stereocenters. The van der Waals surface area contributed by atoms with Gasteiger partial charge in [-0.05, 0) is 29.8 Å². The number of carbonyl (C=O) groups excluding carboxylic acids is 2. The van der Waals surface area contributed by atoms with Gasteiger partial charge < -0.3 is 16.2 Å². The Morgan fingerprint density at radius 2 is 1.60 bits per heavy atom. The van der Waals surface area contributed by atoms with Crippen LogP contribution < -0.4 is 26.8 Å². The van der Waals surface area contributed by atoms with E-state index in [0.29, 0.717) is 5.75 Å². The first-order chi connectivity index (χ1) is 14.5. The van der Waals surface area contributed by atoms with Gasteiger partial charge in [-0.15, -0.1) is 10.2 Å². The molecule has 0 radical (unpaired) electrons. The van der Waals surface area contributed by atoms with Crippen molar-refractivity contribution in [2.75, 3.05) is 7.11 Å². The molecule has 0 aliphatic carbocycles. The van der Waals surface area contributed by atoms with Crippen molar-refractivity contribution in [2.45, 2.75) is 0 Å². The Labute approximate surface area is 173 Å². The number of nitrogens with zero attached hydrogens (tertiary/aromatic N) is 3. The van der Waals surface area contributed by atoms with Gasteiger partial charge in [0.2, 0.25) is 11.9 Å². The van der Waals surface area contributed by atoms with Crippen molar-refractivity contribution >= 4 is 35.9 Å². The third-order valence-electron chi connectivity index (χ3n) is 3.43. The molecule has 1 aromatic carbocycles. The number of benzene rings is 1. The maximum absolute atomic E-state index is 11.9. The van der Waals surface area contributed by atoms with Gasteiger partial charge in [0, 0.05) is 30.1 Å². The van der Waals surface area contributed by atoms with Crippen molar-refractivity contribution in [1.29, 1.82) is 0 Å². The molecule has 154 valence electrons. The zero-order valence-electron chi connectivity index (χ0n) is 16.1. The number of hydrogen-bond acceptors (Lipinski definition) is 6. The van der Waals surface area contributed by atoms with Crippen LogP contribution in [0.2, 0.25) is 0 Å². The molecule has 0 spiro atoms. The molecule has 0 aliphatic heterocycles. The predicted octanol–water partition coefficient (Wildman–Crippen LogP) is 0.594.